The van der Waals surface area contributed by atoms with Crippen LogP contribution >= 0.6 is 7.82 Å². The van der Waals surface area contributed by atoms with Crippen molar-refractivity contribution in [1.29, 1.82) is 0 Å². The molecule has 9 nitrogen and oxygen atoms in total. The molecule has 2 unspecified atom stereocenters. The van der Waals surface area contributed by atoms with Gasteiger partial charge in [0.2, 0.25) is 0 Å². The Kier molecular flexibility index (Phi) is 40.5. The smallest absolute Gasteiger partial charge is 0.462 e. The molecule has 0 bridgehead atoms. The van der Waals surface area contributed by atoms with E-state index in [1.165, 1.54) is 141 Å². The molecule has 2 atom stereocenters. The first-order valence-electron chi connectivity index (χ1n) is 22.5. The van der Waals surface area contributed by atoms with Gasteiger partial charge in [0.05, 0.1) is 13.2 Å². The van der Waals surface area contributed by atoms with Gasteiger partial charge >= 0.3 is 19.8 Å². The fourth-order valence-corrected chi connectivity index (χ4v) is 6.94. The van der Waals surface area contributed by atoms with E-state index >= 15 is 0 Å². The number of esters is 2. The highest BCUT2D eigenvalue weighted by atomic mass is 31.2. The standard InChI is InChI=1S/C45H84NO8P/c1-3-5-7-9-11-13-15-17-19-20-21-22-24-25-27-29-31-33-35-37-44(47)51-41-43(42-53-55(49,50)52-40-39-46)54-45(48)38-36-34-32-30-28-26-23-18-16-14-12-10-8-6-4-2/h26,28,31-34,43H,3-25,27,29-30,35-42,46H2,1-2H3,(H,49,50). The molecule has 10 heteroatoms. The maximum atomic E-state index is 12.5. The molecule has 0 aromatic heterocycles. The zero-order chi connectivity index (χ0) is 40.3. The van der Waals surface area contributed by atoms with E-state index in [2.05, 4.69) is 32.1 Å². The Labute approximate surface area is 337 Å². The van der Waals surface area contributed by atoms with E-state index in [1.807, 2.05) is 18.2 Å². The highest BCUT2D eigenvalue weighted by Gasteiger charge is 2.25. The van der Waals surface area contributed by atoms with Crippen molar-refractivity contribution in [2.75, 3.05) is 26.4 Å². The number of unbranched alkanes of at least 4 members (excludes halogenated alkanes) is 23. The van der Waals surface area contributed by atoms with Crippen molar-refractivity contribution in [3.8, 4) is 0 Å². The summed E-state index contributed by atoms with van der Waals surface area (Å²) in [5.41, 5.74) is 5.34. The number of allylic oxidation sites excluding steroid dienone is 6. The molecule has 0 aromatic carbocycles. The van der Waals surface area contributed by atoms with Crippen LogP contribution in [0.15, 0.2) is 36.5 Å². The summed E-state index contributed by atoms with van der Waals surface area (Å²) in [5, 5.41) is 0. The Morgan fingerprint density at radius 1 is 0.545 bits per heavy atom. The molecule has 0 fully saturated rings. The summed E-state index contributed by atoms with van der Waals surface area (Å²) in [6.45, 7) is 3.64. The average Bonchev–Trinajstić information content (AvgIpc) is 3.17. The zero-order valence-corrected chi connectivity index (χ0v) is 36.3. The highest BCUT2D eigenvalue weighted by Crippen LogP contribution is 2.43. The number of carbonyl (C=O) groups is 2. The lowest BCUT2D eigenvalue weighted by atomic mass is 10.0. The Balaban J connectivity index is 4.20. The van der Waals surface area contributed by atoms with E-state index in [0.29, 0.717) is 12.8 Å². The minimum Gasteiger partial charge on any atom is -0.462 e. The topological polar surface area (TPSA) is 134 Å². The van der Waals surface area contributed by atoms with Gasteiger partial charge in [-0.3, -0.25) is 18.6 Å². The van der Waals surface area contributed by atoms with E-state index in [-0.39, 0.29) is 32.6 Å². The predicted molar refractivity (Wildman–Crippen MR) is 229 cm³/mol. The number of hydrogen-bond donors (Lipinski definition) is 2. The van der Waals surface area contributed by atoms with Gasteiger partial charge < -0.3 is 20.1 Å². The summed E-state index contributed by atoms with van der Waals surface area (Å²) in [7, 11) is -4.40. The molecule has 0 aliphatic rings. The molecule has 0 saturated heterocycles. The molecule has 0 saturated carbocycles. The summed E-state index contributed by atoms with van der Waals surface area (Å²) in [6.07, 6.45) is 46.4. The lowest BCUT2D eigenvalue weighted by Crippen LogP contribution is -2.29. The first kappa shape index (κ1) is 53.2. The third-order valence-corrected chi connectivity index (χ3v) is 10.5. The van der Waals surface area contributed by atoms with Crippen LogP contribution in [-0.2, 0) is 32.7 Å². The van der Waals surface area contributed by atoms with Crippen molar-refractivity contribution in [2.24, 2.45) is 5.73 Å². The quantitative estimate of drug-likeness (QED) is 0.0268. The first-order chi connectivity index (χ1) is 26.8. The molecule has 55 heavy (non-hydrogen) atoms. The van der Waals surface area contributed by atoms with Crippen molar-refractivity contribution in [3.63, 3.8) is 0 Å². The SMILES string of the molecule is CCCCCCCCCCC=CCC=CCCC(=O)OC(COC(=O)CCC=CCCCCCCCCCCCCCCCCC)COP(=O)(O)OCCN. The molecule has 0 heterocycles. The molecule has 0 aliphatic heterocycles. The first-order valence-corrected chi connectivity index (χ1v) is 24.0. The Morgan fingerprint density at radius 2 is 0.945 bits per heavy atom. The van der Waals surface area contributed by atoms with Gasteiger partial charge in [-0.15, -0.1) is 0 Å². The molecule has 3 N–H and O–H groups in total. The van der Waals surface area contributed by atoms with Crippen LogP contribution in [0, 0.1) is 0 Å². The third-order valence-electron chi connectivity index (χ3n) is 9.53. The summed E-state index contributed by atoms with van der Waals surface area (Å²) in [5.74, 6) is -0.959. The molecular weight excluding hydrogens is 713 g/mol. The van der Waals surface area contributed by atoms with Gasteiger partial charge in [0.25, 0.3) is 0 Å². The van der Waals surface area contributed by atoms with E-state index in [1.54, 1.807) is 0 Å². The minimum absolute atomic E-state index is 0.0421. The van der Waals surface area contributed by atoms with E-state index in [0.717, 1.165) is 25.7 Å². The fraction of sp³-hybridized carbons (Fsp3) is 0.822. The minimum atomic E-state index is -4.40. The second kappa shape index (κ2) is 41.9. The van der Waals surface area contributed by atoms with Crippen LogP contribution in [0.25, 0.3) is 0 Å². The van der Waals surface area contributed by atoms with E-state index < -0.39 is 32.5 Å². The molecule has 0 amide bonds. The van der Waals surface area contributed by atoms with Gasteiger partial charge in [0.1, 0.15) is 6.61 Å². The van der Waals surface area contributed by atoms with Gasteiger partial charge in [-0.25, -0.2) is 4.57 Å². The second-order valence-electron chi connectivity index (χ2n) is 14.9. The lowest BCUT2D eigenvalue weighted by molar-refractivity contribution is -0.161. The number of phosphoric ester groups is 1. The van der Waals surface area contributed by atoms with Gasteiger partial charge in [0.15, 0.2) is 6.10 Å². The van der Waals surface area contributed by atoms with E-state index in [9.17, 15) is 19.0 Å². The summed E-state index contributed by atoms with van der Waals surface area (Å²) < 4.78 is 32.7. The fourth-order valence-electron chi connectivity index (χ4n) is 6.18. The third kappa shape index (κ3) is 41.7. The van der Waals surface area contributed by atoms with Crippen molar-refractivity contribution >= 4 is 19.8 Å². The van der Waals surface area contributed by atoms with Gasteiger partial charge in [-0.1, -0.05) is 185 Å². The number of carbonyl (C=O) groups excluding carboxylic acids is 2. The van der Waals surface area contributed by atoms with Gasteiger partial charge in [-0.2, -0.15) is 0 Å². The van der Waals surface area contributed by atoms with Crippen LogP contribution in [0.2, 0.25) is 0 Å². The molecule has 0 rings (SSSR count). The maximum Gasteiger partial charge on any atom is 0.472 e. The van der Waals surface area contributed by atoms with Crippen LogP contribution in [-0.4, -0.2) is 49.3 Å². The van der Waals surface area contributed by atoms with Crippen molar-refractivity contribution in [1.82, 2.24) is 0 Å². The Morgan fingerprint density at radius 3 is 1.42 bits per heavy atom. The van der Waals surface area contributed by atoms with Crippen LogP contribution in [0.3, 0.4) is 0 Å². The maximum absolute atomic E-state index is 12.5. The second-order valence-corrected chi connectivity index (χ2v) is 16.4. The molecule has 0 aliphatic carbocycles. The number of ether oxygens (including phenoxy) is 2. The van der Waals surface area contributed by atoms with Crippen LogP contribution < -0.4 is 5.73 Å². The number of phosphoric acid groups is 1. The van der Waals surface area contributed by atoms with Gasteiger partial charge in [-0.05, 0) is 44.9 Å². The molecule has 0 aromatic rings. The summed E-state index contributed by atoms with van der Waals surface area (Å²) >= 11 is 0. The summed E-state index contributed by atoms with van der Waals surface area (Å²) in [6, 6.07) is 0. The Bertz CT molecular complexity index is 1000. The lowest BCUT2D eigenvalue weighted by Gasteiger charge is -2.19. The largest absolute Gasteiger partial charge is 0.472 e. The normalized spacial score (nSPS) is 13.6. The van der Waals surface area contributed by atoms with E-state index in [4.69, 9.17) is 24.3 Å². The molecule has 0 spiro atoms. The number of hydrogen-bond acceptors (Lipinski definition) is 8. The van der Waals surface area contributed by atoms with Crippen molar-refractivity contribution < 1.29 is 37.6 Å². The number of rotatable bonds is 42. The number of nitrogens with two attached hydrogens (primary N) is 1. The average molecular weight is 798 g/mol. The highest BCUT2D eigenvalue weighted by molar-refractivity contribution is 7.47. The monoisotopic (exact) mass is 798 g/mol. The zero-order valence-electron chi connectivity index (χ0n) is 35.4. The van der Waals surface area contributed by atoms with Crippen molar-refractivity contribution in [3.05, 3.63) is 36.5 Å². The molecular formula is C45H84NO8P. The molecule has 0 radical (unpaired) electrons. The summed E-state index contributed by atoms with van der Waals surface area (Å²) in [4.78, 5) is 34.8. The van der Waals surface area contributed by atoms with Gasteiger partial charge in [0, 0.05) is 19.4 Å². The van der Waals surface area contributed by atoms with Crippen molar-refractivity contribution in [2.45, 2.75) is 213 Å². The van der Waals surface area contributed by atoms with Crippen LogP contribution in [0.4, 0.5) is 0 Å². The van der Waals surface area contributed by atoms with Crippen LogP contribution in [0.1, 0.15) is 206 Å². The molecule has 322 valence electrons. The predicted octanol–water partition coefficient (Wildman–Crippen LogP) is 12.9. The van der Waals surface area contributed by atoms with Crippen LogP contribution in [0.5, 0.6) is 0 Å². The Hall–Kier alpha value is -1.77.